The largest absolute Gasteiger partial charge is 0.289 e. The number of aromatic nitrogens is 4. The average molecular weight is 278 g/mol. The first-order chi connectivity index (χ1) is 10.2. The molecule has 2 heterocycles. The van der Waals surface area contributed by atoms with E-state index in [0.29, 0.717) is 5.92 Å². The van der Waals surface area contributed by atoms with Crippen LogP contribution in [-0.4, -0.2) is 19.7 Å². The number of benzene rings is 1. The lowest BCUT2D eigenvalue weighted by Gasteiger charge is -2.06. The summed E-state index contributed by atoms with van der Waals surface area (Å²) in [5.41, 5.74) is 3.33. The van der Waals surface area contributed by atoms with E-state index in [0.717, 1.165) is 23.5 Å². The third-order valence-electron chi connectivity index (χ3n) is 3.31. The van der Waals surface area contributed by atoms with Gasteiger partial charge in [0, 0.05) is 18.0 Å². The molecule has 0 amide bonds. The third kappa shape index (κ3) is 3.16. The van der Waals surface area contributed by atoms with Crippen LogP contribution in [0.5, 0.6) is 0 Å². The number of rotatable bonds is 4. The number of imidazole rings is 1. The zero-order chi connectivity index (χ0) is 14.7. The van der Waals surface area contributed by atoms with Crippen LogP contribution in [0.4, 0.5) is 0 Å². The van der Waals surface area contributed by atoms with E-state index < -0.39 is 0 Å². The topological polar surface area (TPSA) is 43.6 Å². The Bertz CT molecular complexity index is 683. The molecule has 0 aliphatic carbocycles. The molecule has 106 valence electrons. The fourth-order valence-corrected chi connectivity index (χ4v) is 2.29. The molecule has 0 fully saturated rings. The monoisotopic (exact) mass is 278 g/mol. The molecule has 0 bridgehead atoms. The smallest absolute Gasteiger partial charge is 0.160 e. The molecule has 0 unspecified atom stereocenters. The quantitative estimate of drug-likeness (QED) is 0.733. The molecule has 0 aliphatic heterocycles. The van der Waals surface area contributed by atoms with Gasteiger partial charge in [0.25, 0.3) is 0 Å². The Balaban J connectivity index is 1.80. The van der Waals surface area contributed by atoms with Gasteiger partial charge in [-0.25, -0.2) is 4.98 Å². The van der Waals surface area contributed by atoms with Crippen molar-refractivity contribution < 1.29 is 0 Å². The molecular weight excluding hydrogens is 260 g/mol. The highest BCUT2D eigenvalue weighted by molar-refractivity contribution is 5.59. The predicted molar refractivity (Wildman–Crippen MR) is 83.1 cm³/mol. The lowest BCUT2D eigenvalue weighted by molar-refractivity contribution is 0.647. The first-order valence-electron chi connectivity index (χ1n) is 7.14. The summed E-state index contributed by atoms with van der Waals surface area (Å²) >= 11 is 0. The zero-order valence-corrected chi connectivity index (χ0v) is 12.3. The van der Waals surface area contributed by atoms with E-state index in [1.165, 1.54) is 5.56 Å². The first-order valence-corrected chi connectivity index (χ1v) is 7.14. The Labute approximate surface area is 124 Å². The average Bonchev–Trinajstić information content (AvgIpc) is 3.02. The van der Waals surface area contributed by atoms with E-state index in [-0.39, 0.29) is 0 Å². The van der Waals surface area contributed by atoms with Gasteiger partial charge in [-0.05, 0) is 30.0 Å². The maximum absolute atomic E-state index is 4.30. The molecule has 21 heavy (non-hydrogen) atoms. The molecule has 4 nitrogen and oxygen atoms in total. The molecule has 0 N–H and O–H groups in total. The second-order valence-corrected chi connectivity index (χ2v) is 5.54. The fraction of sp³-hybridized carbons (Fsp3) is 0.235. The molecule has 3 aromatic rings. The van der Waals surface area contributed by atoms with Crippen LogP contribution < -0.4 is 0 Å². The standard InChI is InChI=1S/C17H18N4/c1-13(2)11-14-3-5-15(6-4-14)16-7-8-17(20-19-16)21-10-9-18-12-21/h3-10,12-13H,11H2,1-2H3. The summed E-state index contributed by atoms with van der Waals surface area (Å²) in [4.78, 5) is 4.01. The summed E-state index contributed by atoms with van der Waals surface area (Å²) in [5, 5.41) is 8.54. The molecule has 0 saturated heterocycles. The third-order valence-corrected chi connectivity index (χ3v) is 3.31. The van der Waals surface area contributed by atoms with Crippen LogP contribution in [0.2, 0.25) is 0 Å². The lowest BCUT2D eigenvalue weighted by Crippen LogP contribution is -1.97. The lowest BCUT2D eigenvalue weighted by atomic mass is 10.0. The molecular formula is C17H18N4. The highest BCUT2D eigenvalue weighted by Gasteiger charge is 2.03. The van der Waals surface area contributed by atoms with Gasteiger partial charge in [0.15, 0.2) is 5.82 Å². The minimum Gasteiger partial charge on any atom is -0.289 e. The van der Waals surface area contributed by atoms with Crippen molar-refractivity contribution in [2.45, 2.75) is 20.3 Å². The first kappa shape index (κ1) is 13.5. The highest BCUT2D eigenvalue weighted by atomic mass is 15.2. The molecule has 1 aromatic carbocycles. The molecule has 0 saturated carbocycles. The van der Waals surface area contributed by atoms with Gasteiger partial charge in [0.2, 0.25) is 0 Å². The van der Waals surface area contributed by atoms with Crippen LogP contribution in [0.25, 0.3) is 17.1 Å². The van der Waals surface area contributed by atoms with E-state index in [4.69, 9.17) is 0 Å². The van der Waals surface area contributed by atoms with Gasteiger partial charge in [-0.1, -0.05) is 38.1 Å². The summed E-state index contributed by atoms with van der Waals surface area (Å²) < 4.78 is 1.84. The van der Waals surface area contributed by atoms with E-state index in [1.807, 2.05) is 22.9 Å². The van der Waals surface area contributed by atoms with E-state index in [2.05, 4.69) is 53.3 Å². The molecule has 3 rings (SSSR count). The highest BCUT2D eigenvalue weighted by Crippen LogP contribution is 2.19. The van der Waals surface area contributed by atoms with Crippen molar-refractivity contribution >= 4 is 0 Å². The number of hydrogen-bond acceptors (Lipinski definition) is 3. The van der Waals surface area contributed by atoms with Crippen LogP contribution >= 0.6 is 0 Å². The Hall–Kier alpha value is -2.49. The van der Waals surface area contributed by atoms with Crippen molar-refractivity contribution in [1.82, 2.24) is 19.7 Å². The summed E-state index contributed by atoms with van der Waals surface area (Å²) in [6.45, 7) is 4.46. The SMILES string of the molecule is CC(C)Cc1ccc(-c2ccc(-n3ccnc3)nn2)cc1. The summed E-state index contributed by atoms with van der Waals surface area (Å²) in [5.74, 6) is 1.44. The Morgan fingerprint density at radius 3 is 2.38 bits per heavy atom. The zero-order valence-electron chi connectivity index (χ0n) is 12.3. The molecule has 0 spiro atoms. The maximum Gasteiger partial charge on any atom is 0.160 e. The van der Waals surface area contributed by atoms with Crippen molar-refractivity contribution in [2.75, 3.05) is 0 Å². The minimum atomic E-state index is 0.671. The Morgan fingerprint density at radius 2 is 1.81 bits per heavy atom. The van der Waals surface area contributed by atoms with Gasteiger partial charge in [0.05, 0.1) is 5.69 Å². The van der Waals surface area contributed by atoms with Crippen molar-refractivity contribution in [3.63, 3.8) is 0 Å². The van der Waals surface area contributed by atoms with Crippen molar-refractivity contribution in [3.05, 3.63) is 60.7 Å². The Kier molecular flexibility index (Phi) is 3.77. The van der Waals surface area contributed by atoms with Crippen LogP contribution in [0.3, 0.4) is 0 Å². The van der Waals surface area contributed by atoms with Crippen molar-refractivity contribution in [3.8, 4) is 17.1 Å². The summed E-state index contributed by atoms with van der Waals surface area (Å²) in [6.07, 6.45) is 6.39. The van der Waals surface area contributed by atoms with Crippen molar-refractivity contribution in [1.29, 1.82) is 0 Å². The van der Waals surface area contributed by atoms with Gasteiger partial charge in [-0.2, -0.15) is 0 Å². The second kappa shape index (κ2) is 5.87. The van der Waals surface area contributed by atoms with Crippen LogP contribution in [0.15, 0.2) is 55.1 Å². The normalized spacial score (nSPS) is 11.0. The molecule has 4 heteroatoms. The number of nitrogens with zero attached hydrogens (tertiary/aromatic N) is 4. The summed E-state index contributed by atoms with van der Waals surface area (Å²) in [7, 11) is 0. The second-order valence-electron chi connectivity index (χ2n) is 5.54. The van der Waals surface area contributed by atoms with Gasteiger partial charge < -0.3 is 0 Å². The Morgan fingerprint density at radius 1 is 1.00 bits per heavy atom. The summed E-state index contributed by atoms with van der Waals surface area (Å²) in [6, 6.07) is 12.5. The predicted octanol–water partition coefficient (Wildman–Crippen LogP) is 3.53. The molecule has 0 atom stereocenters. The van der Waals surface area contributed by atoms with Crippen molar-refractivity contribution in [2.24, 2.45) is 5.92 Å². The van der Waals surface area contributed by atoms with E-state index >= 15 is 0 Å². The molecule has 0 radical (unpaired) electrons. The molecule has 2 aromatic heterocycles. The van der Waals surface area contributed by atoms with Crippen LogP contribution in [0, 0.1) is 5.92 Å². The fourth-order valence-electron chi connectivity index (χ4n) is 2.29. The van der Waals surface area contributed by atoms with Gasteiger partial charge in [-0.3, -0.25) is 4.57 Å². The minimum absolute atomic E-state index is 0.671. The van der Waals surface area contributed by atoms with E-state index in [1.54, 1.807) is 12.5 Å². The molecule has 0 aliphatic rings. The maximum atomic E-state index is 4.30. The van der Waals surface area contributed by atoms with Crippen LogP contribution in [0.1, 0.15) is 19.4 Å². The van der Waals surface area contributed by atoms with E-state index in [9.17, 15) is 0 Å². The number of hydrogen-bond donors (Lipinski definition) is 0. The van der Waals surface area contributed by atoms with Gasteiger partial charge in [0.1, 0.15) is 6.33 Å². The van der Waals surface area contributed by atoms with Gasteiger partial charge in [-0.15, -0.1) is 10.2 Å². The van der Waals surface area contributed by atoms with Crippen LogP contribution in [-0.2, 0) is 6.42 Å². The van der Waals surface area contributed by atoms with Gasteiger partial charge >= 0.3 is 0 Å².